The Morgan fingerprint density at radius 3 is 1.23 bits per heavy atom. The smallest absolute Gasteiger partial charge is 0.206 e. The summed E-state index contributed by atoms with van der Waals surface area (Å²) in [5, 5.41) is 0. The molecule has 328 valence electrons. The third-order valence-corrected chi connectivity index (χ3v) is 11.1. The van der Waals surface area contributed by atoms with E-state index in [1.54, 1.807) is 7.85 Å². The lowest BCUT2D eigenvalue weighted by Crippen LogP contribution is -2.42. The lowest BCUT2D eigenvalue weighted by Gasteiger charge is -2.37. The molecule has 0 aliphatic rings. The van der Waals surface area contributed by atoms with Gasteiger partial charge in [0, 0.05) is 12.1 Å². The van der Waals surface area contributed by atoms with Crippen LogP contribution in [0.2, 0.25) is 0 Å². The van der Waals surface area contributed by atoms with Gasteiger partial charge in [-0.1, -0.05) is 13.8 Å². The zero-order chi connectivity index (χ0) is 45.5. The first-order valence-electron chi connectivity index (χ1n) is 19.8. The second-order valence-corrected chi connectivity index (χ2v) is 16.2. The number of halogens is 12. The minimum atomic E-state index is -2.37. The molecule has 4 nitrogen and oxygen atoms in total. The van der Waals surface area contributed by atoms with Crippen LogP contribution in [0.5, 0.6) is 23.0 Å². The molecule has 61 heavy (non-hydrogen) atoms. The Balaban J connectivity index is 1.59. The van der Waals surface area contributed by atoms with Gasteiger partial charge in [-0.05, 0) is 107 Å². The second kappa shape index (κ2) is 20.1. The molecular formula is C41H44B4F12O4. The summed E-state index contributed by atoms with van der Waals surface area (Å²) in [6.07, 6.45) is 1.38. The Morgan fingerprint density at radius 2 is 0.770 bits per heavy atom. The van der Waals surface area contributed by atoms with Crippen LogP contribution >= 0.6 is 0 Å². The highest BCUT2D eigenvalue weighted by Crippen LogP contribution is 2.38. The van der Waals surface area contributed by atoms with Gasteiger partial charge < -0.3 is 18.9 Å². The van der Waals surface area contributed by atoms with E-state index in [1.807, 2.05) is 14.8 Å². The van der Waals surface area contributed by atoms with Crippen molar-refractivity contribution in [3.05, 3.63) is 118 Å². The second-order valence-electron chi connectivity index (χ2n) is 16.2. The molecular weight excluding hydrogens is 828 g/mol. The maximum atomic E-state index is 15.0. The molecule has 0 N–H and O–H groups in total. The van der Waals surface area contributed by atoms with Crippen LogP contribution in [-0.4, -0.2) is 53.4 Å². The van der Waals surface area contributed by atoms with Gasteiger partial charge in [0.15, 0.2) is 66.1 Å². The summed E-state index contributed by atoms with van der Waals surface area (Å²) < 4.78 is 195. The third kappa shape index (κ3) is 12.6. The lowest BCUT2D eigenvalue weighted by atomic mass is 9.67. The van der Waals surface area contributed by atoms with Crippen molar-refractivity contribution >= 4 is 31.4 Å². The van der Waals surface area contributed by atoms with E-state index in [0.717, 1.165) is 12.1 Å². The van der Waals surface area contributed by atoms with E-state index in [9.17, 15) is 52.7 Å². The van der Waals surface area contributed by atoms with Crippen molar-refractivity contribution in [2.45, 2.75) is 106 Å². The van der Waals surface area contributed by atoms with Gasteiger partial charge in [0.1, 0.15) is 17.4 Å². The predicted octanol–water partition coefficient (Wildman–Crippen LogP) is 8.62. The van der Waals surface area contributed by atoms with E-state index >= 15 is 0 Å². The molecule has 0 fully saturated rings. The van der Waals surface area contributed by atoms with E-state index in [-0.39, 0.29) is 63.2 Å². The Kier molecular flexibility index (Phi) is 16.2. The zero-order valence-electron chi connectivity index (χ0n) is 34.6. The van der Waals surface area contributed by atoms with E-state index in [1.165, 1.54) is 46.9 Å². The normalized spacial score (nSPS) is 15.6. The molecule has 4 atom stereocenters. The minimum absolute atomic E-state index is 0.00383. The Morgan fingerprint density at radius 1 is 0.393 bits per heavy atom. The highest BCUT2D eigenvalue weighted by Gasteiger charge is 2.37. The Hall–Kier alpha value is -4.50. The standard InChI is InChI=1S/C41H44B4F12O4/c1-3-38(42,58-24-11-8-22(46)9-12-24)14-5-16-40(44,59-28-13-10-23(47)20-25(28)48)17-7-19-41(45,61-36-29(51)26(49)21-27(50)30(36)52)18-6-15-39(43,4-2)60-37-34(56)32(54)31(53)33(55)35(37)57/h8-13,20-21H,3-7,14-19,42-45H2,1-2H3. The van der Waals surface area contributed by atoms with Gasteiger partial charge in [-0.15, -0.1) is 0 Å². The van der Waals surface area contributed by atoms with Crippen LogP contribution in [0.1, 0.15) is 84.5 Å². The van der Waals surface area contributed by atoms with Crippen LogP contribution in [0.3, 0.4) is 0 Å². The molecule has 4 aromatic rings. The van der Waals surface area contributed by atoms with Gasteiger partial charge >= 0.3 is 0 Å². The van der Waals surface area contributed by atoms with Gasteiger partial charge in [-0.2, -0.15) is 17.6 Å². The molecule has 0 aromatic heterocycles. The van der Waals surface area contributed by atoms with Crippen LogP contribution in [0.25, 0.3) is 0 Å². The summed E-state index contributed by atoms with van der Waals surface area (Å²) in [5.41, 5.74) is -5.16. The van der Waals surface area contributed by atoms with Crippen molar-refractivity contribution in [3.63, 3.8) is 0 Å². The Bertz CT molecular complexity index is 2100. The first-order valence-corrected chi connectivity index (χ1v) is 19.8. The van der Waals surface area contributed by atoms with Gasteiger partial charge in [0.25, 0.3) is 0 Å². The van der Waals surface area contributed by atoms with E-state index in [4.69, 9.17) is 18.9 Å². The molecule has 4 aromatic carbocycles. The number of ether oxygens (including phenoxy) is 4. The number of benzene rings is 4. The maximum absolute atomic E-state index is 15.0. The molecule has 0 aliphatic heterocycles. The third-order valence-electron chi connectivity index (χ3n) is 11.1. The average Bonchev–Trinajstić information content (AvgIpc) is 3.21. The van der Waals surface area contributed by atoms with E-state index in [2.05, 4.69) is 0 Å². The van der Waals surface area contributed by atoms with Crippen LogP contribution in [-0.2, 0) is 0 Å². The molecule has 4 rings (SSSR count). The van der Waals surface area contributed by atoms with Crippen LogP contribution < -0.4 is 18.9 Å². The number of hydrogen-bond donors (Lipinski definition) is 0. The van der Waals surface area contributed by atoms with Crippen molar-refractivity contribution in [3.8, 4) is 23.0 Å². The monoisotopic (exact) mass is 872 g/mol. The fourth-order valence-electron chi connectivity index (χ4n) is 6.98. The molecule has 20 heteroatoms. The molecule has 0 heterocycles. The topological polar surface area (TPSA) is 36.9 Å². The van der Waals surface area contributed by atoms with Crippen molar-refractivity contribution in [1.29, 1.82) is 0 Å². The van der Waals surface area contributed by atoms with E-state index < -0.39 is 103 Å². The van der Waals surface area contributed by atoms with Crippen LogP contribution in [0.15, 0.2) is 48.5 Å². The summed E-state index contributed by atoms with van der Waals surface area (Å²) >= 11 is 0. The summed E-state index contributed by atoms with van der Waals surface area (Å²) in [7, 11) is 6.27. The first kappa shape index (κ1) is 49.2. The molecule has 0 saturated heterocycles. The maximum Gasteiger partial charge on any atom is 0.206 e. The van der Waals surface area contributed by atoms with Crippen LogP contribution in [0.4, 0.5) is 52.7 Å². The Labute approximate surface area is 350 Å². The SMILES string of the molecule is BC(CC)(CCCC(B)(CCCC(B)(CCCC(B)(CC)Oc1c(F)c(F)c(F)c(F)c1F)Oc1c(F)c(F)cc(F)c1F)Oc1ccc(F)cc1F)Oc1ccc(F)cc1. The molecule has 0 aliphatic carbocycles. The summed E-state index contributed by atoms with van der Waals surface area (Å²) in [5.74, 6) is -23.2. The fourth-order valence-corrected chi connectivity index (χ4v) is 6.98. The van der Waals surface area contributed by atoms with Gasteiger partial charge in [0.05, 0.1) is 22.0 Å². The van der Waals surface area contributed by atoms with Crippen LogP contribution in [0, 0.1) is 69.8 Å². The summed E-state index contributed by atoms with van der Waals surface area (Å²) in [6, 6.07) is 8.28. The largest absolute Gasteiger partial charge is 0.497 e. The average molecular weight is 872 g/mol. The highest BCUT2D eigenvalue weighted by atomic mass is 19.2. The van der Waals surface area contributed by atoms with Crippen molar-refractivity contribution < 1.29 is 71.6 Å². The fraction of sp³-hybridized carbons (Fsp3) is 0.415. The molecule has 0 saturated carbocycles. The number of rotatable bonds is 22. The molecule has 0 radical (unpaired) electrons. The molecule has 4 unspecified atom stereocenters. The summed E-state index contributed by atoms with van der Waals surface area (Å²) in [6.45, 7) is 3.42. The van der Waals surface area contributed by atoms with Crippen molar-refractivity contribution in [2.75, 3.05) is 0 Å². The van der Waals surface area contributed by atoms with Crippen molar-refractivity contribution in [2.24, 2.45) is 0 Å². The quantitative estimate of drug-likeness (QED) is 0.0344. The van der Waals surface area contributed by atoms with Gasteiger partial charge in [-0.3, -0.25) is 0 Å². The highest BCUT2D eigenvalue weighted by molar-refractivity contribution is 6.16. The predicted molar refractivity (Wildman–Crippen MR) is 215 cm³/mol. The van der Waals surface area contributed by atoms with Gasteiger partial charge in [-0.25, -0.2) is 35.1 Å². The number of hydrogen-bond acceptors (Lipinski definition) is 4. The summed E-state index contributed by atoms with van der Waals surface area (Å²) in [4.78, 5) is 0. The molecule has 0 spiro atoms. The van der Waals surface area contributed by atoms with E-state index in [0.29, 0.717) is 31.1 Å². The first-order chi connectivity index (χ1) is 28.5. The lowest BCUT2D eigenvalue weighted by molar-refractivity contribution is 0.0790. The molecule has 0 amide bonds. The minimum Gasteiger partial charge on any atom is -0.497 e. The van der Waals surface area contributed by atoms with Gasteiger partial charge in [0.2, 0.25) is 40.7 Å². The van der Waals surface area contributed by atoms with Crippen molar-refractivity contribution in [1.82, 2.24) is 0 Å². The zero-order valence-corrected chi connectivity index (χ0v) is 34.6. The molecule has 0 bridgehead atoms.